The molecule has 6 heteroatoms. The second-order valence-electron chi connectivity index (χ2n) is 5.10. The summed E-state index contributed by atoms with van der Waals surface area (Å²) in [6, 6.07) is 5.21. The number of benzene rings is 1. The summed E-state index contributed by atoms with van der Waals surface area (Å²) in [5.74, 6) is 1.27. The topological polar surface area (TPSA) is 54.0 Å². The third kappa shape index (κ3) is 5.63. The van der Waals surface area contributed by atoms with Gasteiger partial charge in [-0.15, -0.1) is 0 Å². The number of hydrogen-bond acceptors (Lipinski definition) is 4. The van der Waals surface area contributed by atoms with Gasteiger partial charge in [-0.2, -0.15) is 0 Å². The van der Waals surface area contributed by atoms with Crippen LogP contribution in [0.25, 0.3) is 0 Å². The van der Waals surface area contributed by atoms with E-state index >= 15 is 0 Å². The van der Waals surface area contributed by atoms with Crippen molar-refractivity contribution >= 4 is 11.7 Å². The number of likely N-dealkylation sites (N-methyl/N-ethyl adjacent to an activating group) is 2. The average Bonchev–Trinajstić information content (AvgIpc) is 2.59. The Kier molecular flexibility index (Phi) is 8.26. The van der Waals surface area contributed by atoms with E-state index in [-0.39, 0.29) is 6.03 Å². The highest BCUT2D eigenvalue weighted by molar-refractivity contribution is 5.91. The van der Waals surface area contributed by atoms with Crippen molar-refractivity contribution in [1.82, 2.24) is 9.80 Å². The average molecular weight is 323 g/mol. The van der Waals surface area contributed by atoms with Crippen LogP contribution in [0.1, 0.15) is 20.8 Å². The fourth-order valence-electron chi connectivity index (χ4n) is 2.30. The van der Waals surface area contributed by atoms with E-state index in [2.05, 4.69) is 24.1 Å². The summed E-state index contributed by atoms with van der Waals surface area (Å²) >= 11 is 0. The molecule has 23 heavy (non-hydrogen) atoms. The van der Waals surface area contributed by atoms with Gasteiger partial charge in [0, 0.05) is 25.7 Å². The van der Waals surface area contributed by atoms with Crippen molar-refractivity contribution in [2.45, 2.75) is 20.8 Å². The van der Waals surface area contributed by atoms with Crippen LogP contribution in [0.2, 0.25) is 0 Å². The number of anilines is 1. The molecule has 0 unspecified atom stereocenters. The quantitative estimate of drug-likeness (QED) is 0.759. The number of carbonyl (C=O) groups is 1. The standard InChI is InChI=1S/C17H29N3O3/c1-6-19(7-2)11-12-20(8-3)17(21)18-15-10-9-14(22-4)13-16(15)23-5/h9-10,13H,6-8,11-12H2,1-5H3,(H,18,21). The molecule has 0 saturated heterocycles. The maximum atomic E-state index is 12.5. The first-order valence-electron chi connectivity index (χ1n) is 8.09. The molecule has 0 radical (unpaired) electrons. The van der Waals surface area contributed by atoms with E-state index < -0.39 is 0 Å². The largest absolute Gasteiger partial charge is 0.497 e. The molecule has 1 rings (SSSR count). The van der Waals surface area contributed by atoms with Gasteiger partial charge in [-0.1, -0.05) is 13.8 Å². The number of nitrogens with one attached hydrogen (secondary N) is 1. The van der Waals surface area contributed by atoms with Gasteiger partial charge in [0.25, 0.3) is 0 Å². The predicted molar refractivity (Wildman–Crippen MR) is 93.6 cm³/mol. The van der Waals surface area contributed by atoms with Gasteiger partial charge in [0.2, 0.25) is 0 Å². The second-order valence-corrected chi connectivity index (χ2v) is 5.10. The van der Waals surface area contributed by atoms with E-state index in [1.54, 1.807) is 37.3 Å². The molecule has 0 atom stereocenters. The molecule has 0 bridgehead atoms. The number of carbonyl (C=O) groups excluding carboxylic acids is 1. The van der Waals surface area contributed by atoms with Crippen LogP contribution < -0.4 is 14.8 Å². The maximum Gasteiger partial charge on any atom is 0.321 e. The van der Waals surface area contributed by atoms with E-state index in [0.29, 0.717) is 30.3 Å². The van der Waals surface area contributed by atoms with Crippen molar-refractivity contribution in [2.24, 2.45) is 0 Å². The Morgan fingerprint density at radius 2 is 1.74 bits per heavy atom. The summed E-state index contributed by atoms with van der Waals surface area (Å²) in [4.78, 5) is 16.6. The van der Waals surface area contributed by atoms with Gasteiger partial charge in [0.15, 0.2) is 0 Å². The molecule has 0 aliphatic rings. The Hall–Kier alpha value is -1.95. The minimum atomic E-state index is -0.122. The third-order valence-corrected chi connectivity index (χ3v) is 3.90. The third-order valence-electron chi connectivity index (χ3n) is 3.90. The highest BCUT2D eigenvalue weighted by atomic mass is 16.5. The molecule has 0 aliphatic carbocycles. The maximum absolute atomic E-state index is 12.5. The minimum absolute atomic E-state index is 0.122. The molecule has 0 aromatic heterocycles. The van der Waals surface area contributed by atoms with Gasteiger partial charge in [0.05, 0.1) is 19.9 Å². The first kappa shape index (κ1) is 19.1. The Bertz CT molecular complexity index is 490. The summed E-state index contributed by atoms with van der Waals surface area (Å²) in [6.07, 6.45) is 0. The van der Waals surface area contributed by atoms with Gasteiger partial charge in [-0.05, 0) is 32.1 Å². The Balaban J connectivity index is 2.72. The van der Waals surface area contributed by atoms with Crippen molar-refractivity contribution in [3.63, 3.8) is 0 Å². The van der Waals surface area contributed by atoms with Gasteiger partial charge >= 0.3 is 6.03 Å². The van der Waals surface area contributed by atoms with Gasteiger partial charge in [-0.3, -0.25) is 0 Å². The molecule has 0 fully saturated rings. The van der Waals surface area contributed by atoms with Crippen LogP contribution in [-0.2, 0) is 0 Å². The minimum Gasteiger partial charge on any atom is -0.497 e. The molecule has 0 heterocycles. The van der Waals surface area contributed by atoms with Gasteiger partial charge < -0.3 is 24.6 Å². The fraction of sp³-hybridized carbons (Fsp3) is 0.588. The molecule has 1 N–H and O–H groups in total. The molecule has 1 aromatic rings. The van der Waals surface area contributed by atoms with Crippen LogP contribution in [0.4, 0.5) is 10.5 Å². The zero-order valence-electron chi connectivity index (χ0n) is 14.9. The molecule has 1 aromatic carbocycles. The molecule has 130 valence electrons. The predicted octanol–water partition coefficient (Wildman–Crippen LogP) is 2.90. The molecule has 0 spiro atoms. The normalized spacial score (nSPS) is 10.5. The van der Waals surface area contributed by atoms with Crippen LogP contribution in [0.15, 0.2) is 18.2 Å². The van der Waals surface area contributed by atoms with Crippen molar-refractivity contribution in [3.8, 4) is 11.5 Å². The van der Waals surface area contributed by atoms with E-state index in [9.17, 15) is 4.79 Å². The van der Waals surface area contributed by atoms with Crippen molar-refractivity contribution < 1.29 is 14.3 Å². The summed E-state index contributed by atoms with van der Waals surface area (Å²) in [7, 11) is 3.17. The van der Waals surface area contributed by atoms with Crippen molar-refractivity contribution in [1.29, 1.82) is 0 Å². The van der Waals surface area contributed by atoms with Crippen LogP contribution in [0, 0.1) is 0 Å². The number of nitrogens with zero attached hydrogens (tertiary/aromatic N) is 2. The number of hydrogen-bond donors (Lipinski definition) is 1. The summed E-state index contributed by atoms with van der Waals surface area (Å²) in [6.45, 7) is 10.4. The Labute approximate surface area is 139 Å². The first-order chi connectivity index (χ1) is 11.1. The van der Waals surface area contributed by atoms with Gasteiger partial charge in [0.1, 0.15) is 11.5 Å². The number of ether oxygens (including phenoxy) is 2. The molecule has 0 saturated carbocycles. The number of urea groups is 1. The number of rotatable bonds is 9. The van der Waals surface area contributed by atoms with Crippen LogP contribution in [0.5, 0.6) is 11.5 Å². The lowest BCUT2D eigenvalue weighted by Gasteiger charge is -2.26. The SMILES string of the molecule is CCN(CC)CCN(CC)C(=O)Nc1ccc(OC)cc1OC. The molecular formula is C17H29N3O3. The number of amides is 2. The number of methoxy groups -OCH3 is 2. The van der Waals surface area contributed by atoms with Crippen LogP contribution in [-0.4, -0.2) is 62.8 Å². The lowest BCUT2D eigenvalue weighted by atomic mass is 10.2. The highest BCUT2D eigenvalue weighted by Crippen LogP contribution is 2.29. The van der Waals surface area contributed by atoms with E-state index in [0.717, 1.165) is 19.6 Å². The van der Waals surface area contributed by atoms with E-state index in [4.69, 9.17) is 9.47 Å². The molecular weight excluding hydrogens is 294 g/mol. The van der Waals surface area contributed by atoms with Crippen LogP contribution in [0.3, 0.4) is 0 Å². The zero-order valence-corrected chi connectivity index (χ0v) is 14.9. The molecule has 2 amide bonds. The van der Waals surface area contributed by atoms with E-state index in [1.165, 1.54) is 0 Å². The van der Waals surface area contributed by atoms with Crippen molar-refractivity contribution in [3.05, 3.63) is 18.2 Å². The molecule has 0 aliphatic heterocycles. The lowest BCUT2D eigenvalue weighted by molar-refractivity contribution is 0.200. The Morgan fingerprint density at radius 3 is 2.26 bits per heavy atom. The lowest BCUT2D eigenvalue weighted by Crippen LogP contribution is -2.40. The summed E-state index contributed by atoms with van der Waals surface area (Å²) in [5, 5.41) is 2.91. The second kappa shape index (κ2) is 9.94. The first-order valence-corrected chi connectivity index (χ1v) is 8.09. The summed E-state index contributed by atoms with van der Waals surface area (Å²) < 4.78 is 10.5. The highest BCUT2D eigenvalue weighted by Gasteiger charge is 2.15. The van der Waals surface area contributed by atoms with E-state index in [1.807, 2.05) is 6.92 Å². The fourth-order valence-corrected chi connectivity index (χ4v) is 2.30. The summed E-state index contributed by atoms with van der Waals surface area (Å²) in [5.41, 5.74) is 0.639. The van der Waals surface area contributed by atoms with Crippen LogP contribution >= 0.6 is 0 Å². The molecule has 6 nitrogen and oxygen atoms in total. The van der Waals surface area contributed by atoms with Gasteiger partial charge in [-0.25, -0.2) is 4.79 Å². The zero-order chi connectivity index (χ0) is 17.2. The smallest absolute Gasteiger partial charge is 0.321 e. The Morgan fingerprint density at radius 1 is 1.04 bits per heavy atom. The van der Waals surface area contributed by atoms with Crippen molar-refractivity contribution in [2.75, 3.05) is 52.3 Å². The monoisotopic (exact) mass is 323 g/mol.